The molecule has 0 aliphatic carbocycles. The fourth-order valence-electron chi connectivity index (χ4n) is 1.79. The van der Waals surface area contributed by atoms with Crippen LogP contribution < -0.4 is 10.6 Å². The van der Waals surface area contributed by atoms with Gasteiger partial charge in [-0.15, -0.1) is 0 Å². The smallest absolute Gasteiger partial charge is 0.345 e. The number of aromatic nitrogens is 1. The fraction of sp³-hybridized carbons (Fsp3) is 0.231. The highest BCUT2D eigenvalue weighted by atomic mass is 32.1. The molecule has 2 N–H and O–H groups in total. The van der Waals surface area contributed by atoms with E-state index in [0.29, 0.717) is 5.13 Å². The van der Waals surface area contributed by atoms with Crippen LogP contribution in [-0.2, 0) is 4.79 Å². The first kappa shape index (κ1) is 14.9. The Hall–Kier alpha value is -2.48. The molecule has 0 saturated carbocycles. The van der Waals surface area contributed by atoms with E-state index in [1.54, 1.807) is 7.05 Å². The molecule has 0 fully saturated rings. The van der Waals surface area contributed by atoms with E-state index in [1.807, 2.05) is 30.3 Å². The van der Waals surface area contributed by atoms with Crippen molar-refractivity contribution >= 4 is 27.4 Å². The topological polar surface area (TPSA) is 97.2 Å². The zero-order valence-corrected chi connectivity index (χ0v) is 12.1. The van der Waals surface area contributed by atoms with Gasteiger partial charge in [0.2, 0.25) is 5.91 Å². The zero-order valence-electron chi connectivity index (χ0n) is 11.3. The second-order valence-electron chi connectivity index (χ2n) is 4.25. The Morgan fingerprint density at radius 3 is 2.71 bits per heavy atom. The summed E-state index contributed by atoms with van der Waals surface area (Å²) in [5.41, 5.74) is 0.916. The maximum absolute atomic E-state index is 11.6. The first-order chi connectivity index (χ1) is 10.1. The summed E-state index contributed by atoms with van der Waals surface area (Å²) in [6.07, 6.45) is 1.42. The van der Waals surface area contributed by atoms with Gasteiger partial charge in [0.25, 0.3) is 0 Å². The van der Waals surface area contributed by atoms with Crippen LogP contribution in [0.1, 0.15) is 18.0 Å². The first-order valence-electron chi connectivity index (χ1n) is 6.22. The molecule has 2 rings (SSSR count). The lowest BCUT2D eigenvalue weighted by atomic mass is 10.0. The van der Waals surface area contributed by atoms with Crippen LogP contribution in [0.4, 0.5) is 10.1 Å². The highest BCUT2D eigenvalue weighted by Crippen LogP contribution is 2.29. The standard InChI is InChI=1S/C13H14N4O3S/c1-14-11(18)7-10(9-5-3-2-4-6-9)16-13-15-8-12(21-13)17(19)20/h2-6,8,10H,7H2,1H3,(H,14,18)(H,15,16)/t10-/m0/s1. The Labute approximate surface area is 125 Å². The second-order valence-corrected chi connectivity index (χ2v) is 5.25. The van der Waals surface area contributed by atoms with Crippen molar-refractivity contribution in [2.24, 2.45) is 0 Å². The van der Waals surface area contributed by atoms with Crippen LogP contribution in [0.5, 0.6) is 0 Å². The molecule has 2 aromatic rings. The molecule has 7 nitrogen and oxygen atoms in total. The summed E-state index contributed by atoms with van der Waals surface area (Å²) in [5, 5.41) is 16.7. The summed E-state index contributed by atoms with van der Waals surface area (Å²) in [4.78, 5) is 25.8. The van der Waals surface area contributed by atoms with Crippen molar-refractivity contribution in [3.63, 3.8) is 0 Å². The van der Waals surface area contributed by atoms with E-state index in [2.05, 4.69) is 15.6 Å². The SMILES string of the molecule is CNC(=O)C[C@H](Nc1ncc([N+](=O)[O-])s1)c1ccccc1. The maximum atomic E-state index is 11.6. The number of benzene rings is 1. The van der Waals surface area contributed by atoms with E-state index in [9.17, 15) is 14.9 Å². The Bertz CT molecular complexity index is 629. The van der Waals surface area contributed by atoms with E-state index in [0.717, 1.165) is 16.9 Å². The third-order valence-electron chi connectivity index (χ3n) is 2.84. The van der Waals surface area contributed by atoms with Gasteiger partial charge in [0.15, 0.2) is 5.13 Å². The first-order valence-corrected chi connectivity index (χ1v) is 7.04. The average Bonchev–Trinajstić information content (AvgIpc) is 2.96. The lowest BCUT2D eigenvalue weighted by Gasteiger charge is -2.17. The zero-order chi connectivity index (χ0) is 15.2. The summed E-state index contributed by atoms with van der Waals surface area (Å²) in [6, 6.07) is 9.12. The molecule has 21 heavy (non-hydrogen) atoms. The van der Waals surface area contributed by atoms with Crippen molar-refractivity contribution in [2.45, 2.75) is 12.5 Å². The number of carbonyl (C=O) groups is 1. The normalized spacial score (nSPS) is 11.7. The van der Waals surface area contributed by atoms with Crippen molar-refractivity contribution < 1.29 is 9.72 Å². The Morgan fingerprint density at radius 2 is 2.14 bits per heavy atom. The van der Waals surface area contributed by atoms with Crippen LogP contribution in [0.25, 0.3) is 0 Å². The Morgan fingerprint density at radius 1 is 1.43 bits per heavy atom. The highest BCUT2D eigenvalue weighted by Gasteiger charge is 2.18. The Balaban J connectivity index is 2.18. The maximum Gasteiger partial charge on any atom is 0.345 e. The monoisotopic (exact) mass is 306 g/mol. The van der Waals surface area contributed by atoms with Gasteiger partial charge >= 0.3 is 5.00 Å². The van der Waals surface area contributed by atoms with Crippen LogP contribution in [0.2, 0.25) is 0 Å². The minimum Gasteiger partial charge on any atom is -0.359 e. The quantitative estimate of drug-likeness (QED) is 0.630. The number of nitro groups is 1. The minimum absolute atomic E-state index is 0.0377. The predicted octanol–water partition coefficient (Wildman–Crippen LogP) is 2.34. The van der Waals surface area contributed by atoms with Crippen LogP contribution in [0.15, 0.2) is 36.5 Å². The van der Waals surface area contributed by atoms with E-state index in [1.165, 1.54) is 6.20 Å². The average molecular weight is 306 g/mol. The molecule has 0 radical (unpaired) electrons. The van der Waals surface area contributed by atoms with Gasteiger partial charge in [-0.2, -0.15) is 0 Å². The number of hydrogen-bond acceptors (Lipinski definition) is 6. The minimum atomic E-state index is -0.487. The van der Waals surface area contributed by atoms with Crippen molar-refractivity contribution in [3.8, 4) is 0 Å². The second kappa shape index (κ2) is 6.80. The third-order valence-corrected chi connectivity index (χ3v) is 3.72. The van der Waals surface area contributed by atoms with Gasteiger partial charge in [0.05, 0.1) is 17.4 Å². The van der Waals surface area contributed by atoms with Gasteiger partial charge in [-0.05, 0) is 16.9 Å². The van der Waals surface area contributed by atoms with E-state index >= 15 is 0 Å². The molecule has 0 unspecified atom stereocenters. The van der Waals surface area contributed by atoms with Gasteiger partial charge in [0, 0.05) is 7.05 Å². The molecule has 1 aromatic carbocycles. The summed E-state index contributed by atoms with van der Waals surface area (Å²) in [5.74, 6) is -0.123. The van der Waals surface area contributed by atoms with Crippen LogP contribution in [0, 0.1) is 10.1 Å². The Kier molecular flexibility index (Phi) is 4.83. The van der Waals surface area contributed by atoms with Gasteiger partial charge in [0.1, 0.15) is 6.20 Å². The van der Waals surface area contributed by atoms with Crippen molar-refractivity contribution in [3.05, 3.63) is 52.2 Å². The van der Waals surface area contributed by atoms with Gasteiger partial charge in [-0.1, -0.05) is 30.3 Å². The van der Waals surface area contributed by atoms with Crippen molar-refractivity contribution in [1.82, 2.24) is 10.3 Å². The highest BCUT2D eigenvalue weighted by molar-refractivity contribution is 7.18. The van der Waals surface area contributed by atoms with Crippen LogP contribution in [0.3, 0.4) is 0 Å². The number of rotatable bonds is 6. The summed E-state index contributed by atoms with van der Waals surface area (Å²) >= 11 is 0.946. The van der Waals surface area contributed by atoms with Crippen molar-refractivity contribution in [1.29, 1.82) is 0 Å². The number of hydrogen-bond donors (Lipinski definition) is 2. The van der Waals surface area contributed by atoms with Crippen molar-refractivity contribution in [2.75, 3.05) is 12.4 Å². The van der Waals surface area contributed by atoms with E-state index in [4.69, 9.17) is 0 Å². The number of thiazole rings is 1. The predicted molar refractivity (Wildman–Crippen MR) is 80.3 cm³/mol. The van der Waals surface area contributed by atoms with Crippen LogP contribution >= 0.6 is 11.3 Å². The number of amides is 1. The number of anilines is 1. The fourth-order valence-corrected chi connectivity index (χ4v) is 2.48. The summed E-state index contributed by atoms with van der Waals surface area (Å²) < 4.78 is 0. The molecular formula is C13H14N4O3S. The van der Waals surface area contributed by atoms with E-state index < -0.39 is 4.92 Å². The largest absolute Gasteiger partial charge is 0.359 e. The molecule has 0 spiro atoms. The molecular weight excluding hydrogens is 292 g/mol. The molecule has 0 aliphatic rings. The molecule has 1 aromatic heterocycles. The summed E-state index contributed by atoms with van der Waals surface area (Å²) in [6.45, 7) is 0. The molecule has 1 heterocycles. The molecule has 0 aliphatic heterocycles. The number of nitrogens with one attached hydrogen (secondary N) is 2. The molecule has 1 atom stereocenters. The lowest BCUT2D eigenvalue weighted by Crippen LogP contribution is -2.23. The third kappa shape index (κ3) is 3.99. The number of carbonyl (C=O) groups excluding carboxylic acids is 1. The molecule has 110 valence electrons. The molecule has 0 bridgehead atoms. The molecule has 8 heteroatoms. The van der Waals surface area contributed by atoms with E-state index in [-0.39, 0.29) is 23.4 Å². The van der Waals surface area contributed by atoms with Gasteiger partial charge in [-0.25, -0.2) is 4.98 Å². The van der Waals surface area contributed by atoms with Gasteiger partial charge in [-0.3, -0.25) is 14.9 Å². The van der Waals surface area contributed by atoms with Gasteiger partial charge < -0.3 is 10.6 Å². The lowest BCUT2D eigenvalue weighted by molar-refractivity contribution is -0.380. The number of nitrogens with zero attached hydrogens (tertiary/aromatic N) is 2. The summed E-state index contributed by atoms with van der Waals surface area (Å²) in [7, 11) is 1.57. The van der Waals surface area contributed by atoms with Crippen LogP contribution in [-0.4, -0.2) is 22.9 Å². The molecule has 0 saturated heterocycles. The molecule has 1 amide bonds.